The van der Waals surface area contributed by atoms with Gasteiger partial charge in [-0.2, -0.15) is 0 Å². The van der Waals surface area contributed by atoms with E-state index in [1.807, 2.05) is 0 Å². The molecule has 0 fully saturated rings. The molecule has 0 bridgehead atoms. The Morgan fingerprint density at radius 1 is 0.800 bits per heavy atom. The Bertz CT molecular complexity index is 9.61. The van der Waals surface area contributed by atoms with Gasteiger partial charge >= 0.3 is 48.9 Å². The average Bonchev–Trinajstić information content (AvgIpc) is 0. The molecule has 0 aliphatic rings. The van der Waals surface area contributed by atoms with Crippen molar-refractivity contribution in [1.82, 2.24) is 0 Å². The standard InChI is InChI=1S/Ba.Nd.Ti.2Zn.2H. The summed E-state index contributed by atoms with van der Waals surface area (Å²) >= 11 is 0. The summed E-state index contributed by atoms with van der Waals surface area (Å²) in [6.07, 6.45) is 0. The van der Waals surface area contributed by atoms with E-state index in [4.69, 9.17) is 0 Å². The maximum Gasteiger partial charge on any atom is 0 e. The van der Waals surface area contributed by atoms with Gasteiger partial charge in [0, 0.05) is 102 Å². The van der Waals surface area contributed by atoms with Gasteiger partial charge < -0.3 is 0 Å². The first-order valence-electron chi connectivity index (χ1n) is 0. The van der Waals surface area contributed by atoms with Gasteiger partial charge in [0.25, 0.3) is 0 Å². The van der Waals surface area contributed by atoms with Gasteiger partial charge in [-0.1, -0.05) is 0 Å². The Balaban J connectivity index is 0. The third-order valence-electron chi connectivity index (χ3n) is 0. The summed E-state index contributed by atoms with van der Waals surface area (Å²) in [6, 6.07) is 0. The molecule has 16 valence electrons. The molecule has 0 aliphatic carbocycles. The minimum Gasteiger partial charge on any atom is 0 e. The molecule has 0 amide bonds. The van der Waals surface area contributed by atoms with Crippen LogP contribution in [0.4, 0.5) is 0 Å². The van der Waals surface area contributed by atoms with Crippen LogP contribution in [0.25, 0.3) is 0 Å². The second kappa shape index (κ2) is 23.2. The molecule has 0 nitrogen and oxygen atoms in total. The van der Waals surface area contributed by atoms with E-state index in [2.05, 4.69) is 0 Å². The Labute approximate surface area is 146 Å². The first-order chi connectivity index (χ1) is 0. The van der Waals surface area contributed by atoms with Crippen LogP contribution >= 0.6 is 0 Å². The minimum absolute atomic E-state index is 0. The number of hydrogen-bond donors (Lipinski definition) is 0. The van der Waals surface area contributed by atoms with Crippen molar-refractivity contribution in [3.8, 4) is 0 Å². The fourth-order valence-corrected chi connectivity index (χ4v) is 0. The maximum atomic E-state index is 0. The molecular formula is H2BaNdTiZn2. The Kier molecular flexibility index (Phi) is 151. The van der Waals surface area contributed by atoms with Crippen LogP contribution in [0.5, 0.6) is 0 Å². The van der Waals surface area contributed by atoms with Crippen LogP contribution in [-0.4, -0.2) is 48.9 Å². The number of hydrogen-bond acceptors (Lipinski definition) is 0. The van der Waals surface area contributed by atoms with E-state index in [1.165, 1.54) is 0 Å². The van der Waals surface area contributed by atoms with Gasteiger partial charge in [0.05, 0.1) is 0 Å². The molecule has 0 aromatic rings. The van der Waals surface area contributed by atoms with Crippen LogP contribution in [0.2, 0.25) is 0 Å². The van der Waals surface area contributed by atoms with Gasteiger partial charge in [0.2, 0.25) is 0 Å². The van der Waals surface area contributed by atoms with E-state index in [0.717, 1.165) is 0 Å². The smallest absolute Gasteiger partial charge is 0 e. The third-order valence-corrected chi connectivity index (χ3v) is 0. The third kappa shape index (κ3) is 17.6. The zero-order chi connectivity index (χ0) is 0. The second-order valence-electron chi connectivity index (χ2n) is 0. The SMILES string of the molecule is [BaH2].[Nd].[Ti].[Zn].[Zn]. The van der Waals surface area contributed by atoms with Crippen molar-refractivity contribution in [1.29, 1.82) is 0 Å². The van der Waals surface area contributed by atoms with Crippen molar-refractivity contribution in [2.75, 3.05) is 0 Å². The van der Waals surface area contributed by atoms with Crippen LogP contribution in [0.1, 0.15) is 0 Å². The normalized spacial score (nSPS) is 0. The van der Waals surface area contributed by atoms with Crippen molar-refractivity contribution >= 4 is 48.9 Å². The van der Waals surface area contributed by atoms with Crippen LogP contribution in [-0.2, 0) is 60.7 Å². The van der Waals surface area contributed by atoms with E-state index in [9.17, 15) is 0 Å². The van der Waals surface area contributed by atoms with Crippen LogP contribution < -0.4 is 0 Å². The molecule has 0 radical (unpaired) electrons. The molecule has 0 unspecified atom stereocenters. The topological polar surface area (TPSA) is 0 Å². The Hall–Kier alpha value is 4.88. The summed E-state index contributed by atoms with van der Waals surface area (Å²) in [4.78, 5) is 0. The molecule has 0 aromatic heterocycles. The van der Waals surface area contributed by atoms with E-state index < -0.39 is 0 Å². The first-order valence-corrected chi connectivity index (χ1v) is 0. The van der Waals surface area contributed by atoms with E-state index in [1.54, 1.807) is 0 Å². The summed E-state index contributed by atoms with van der Waals surface area (Å²) in [5, 5.41) is 0. The fourth-order valence-electron chi connectivity index (χ4n) is 0. The summed E-state index contributed by atoms with van der Waals surface area (Å²) in [5.41, 5.74) is 0. The summed E-state index contributed by atoms with van der Waals surface area (Å²) in [5.74, 6) is 0. The van der Waals surface area contributed by atoms with E-state index >= 15 is 0 Å². The minimum atomic E-state index is 0. The van der Waals surface area contributed by atoms with Crippen LogP contribution in [0.15, 0.2) is 0 Å². The van der Waals surface area contributed by atoms with Crippen molar-refractivity contribution in [2.45, 2.75) is 0 Å². The van der Waals surface area contributed by atoms with Crippen LogP contribution in [0.3, 0.4) is 0 Å². The van der Waals surface area contributed by atoms with E-state index in [-0.39, 0.29) is 150 Å². The molecule has 0 aliphatic heterocycles. The molecule has 0 heterocycles. The molecular weight excluding hydrogens is 460 g/mol. The predicted octanol–water partition coefficient (Wildman–Crippen LogP) is -0.924. The quantitative estimate of drug-likeness (QED) is 0.409. The molecule has 0 N–H and O–H groups in total. The van der Waals surface area contributed by atoms with Gasteiger partial charge in [0.15, 0.2) is 0 Å². The second-order valence-corrected chi connectivity index (χ2v) is 0. The van der Waals surface area contributed by atoms with Crippen molar-refractivity contribution in [3.63, 3.8) is 0 Å². The molecule has 0 saturated heterocycles. The maximum absolute atomic E-state index is 0. The number of rotatable bonds is 0. The van der Waals surface area contributed by atoms with Crippen molar-refractivity contribution in [2.24, 2.45) is 0 Å². The van der Waals surface area contributed by atoms with Crippen molar-refractivity contribution in [3.05, 3.63) is 0 Å². The van der Waals surface area contributed by atoms with Gasteiger partial charge in [-0.3, -0.25) is 0 Å². The zero-order valence-corrected chi connectivity index (χ0v) is 13.1. The van der Waals surface area contributed by atoms with Crippen molar-refractivity contribution < 1.29 is 102 Å². The molecule has 0 aromatic carbocycles. The first kappa shape index (κ1) is 32.7. The molecule has 5 heteroatoms. The summed E-state index contributed by atoms with van der Waals surface area (Å²) in [7, 11) is 0. The van der Waals surface area contributed by atoms with Gasteiger partial charge in [0.1, 0.15) is 0 Å². The zero-order valence-electron chi connectivity index (χ0n) is 2.41. The molecule has 5 heavy (non-hydrogen) atoms. The van der Waals surface area contributed by atoms with Gasteiger partial charge in [-0.05, 0) is 0 Å². The van der Waals surface area contributed by atoms with E-state index in [0.29, 0.717) is 0 Å². The van der Waals surface area contributed by atoms with Crippen LogP contribution in [0, 0.1) is 40.8 Å². The molecule has 0 atom stereocenters. The summed E-state index contributed by atoms with van der Waals surface area (Å²) in [6.45, 7) is 0. The molecule has 0 spiro atoms. The average molecular weight is 462 g/mol. The molecule has 0 saturated carbocycles. The summed E-state index contributed by atoms with van der Waals surface area (Å²) < 4.78 is 0. The fraction of sp³-hybridized carbons (Fsp3) is 0. The van der Waals surface area contributed by atoms with Gasteiger partial charge in [-0.25, -0.2) is 0 Å². The predicted molar refractivity (Wildman–Crippen MR) is 8.54 cm³/mol. The largest absolute Gasteiger partial charge is 0 e. The monoisotopic (exact) mass is 458 g/mol. The Morgan fingerprint density at radius 2 is 0.800 bits per heavy atom. The Morgan fingerprint density at radius 3 is 0.800 bits per heavy atom. The van der Waals surface area contributed by atoms with Gasteiger partial charge in [-0.15, -0.1) is 0 Å². The molecule has 0 rings (SSSR count).